The zero-order chi connectivity index (χ0) is 31.6. The fourth-order valence-electron chi connectivity index (χ4n) is 7.73. The number of aromatic nitrogens is 4. The maximum atomic E-state index is 5.30. The van der Waals surface area contributed by atoms with Crippen molar-refractivity contribution in [1.82, 2.24) is 19.1 Å². The van der Waals surface area contributed by atoms with Gasteiger partial charge in [-0.3, -0.25) is 4.98 Å². The molecule has 0 saturated carbocycles. The Labute approximate surface area is 277 Å². The Hall–Kier alpha value is -6.26. The van der Waals surface area contributed by atoms with Crippen molar-refractivity contribution < 1.29 is 0 Å². The van der Waals surface area contributed by atoms with Gasteiger partial charge in [0.05, 0.1) is 39.1 Å². The van der Waals surface area contributed by atoms with Crippen LogP contribution < -0.4 is 0 Å². The number of allylic oxidation sites excluding steroid dienone is 1. The molecule has 0 atom stereocenters. The molecule has 0 unspecified atom stereocenters. The van der Waals surface area contributed by atoms with Crippen LogP contribution in [0.2, 0.25) is 0 Å². The number of hydrogen-bond donors (Lipinski definition) is 0. The quantitative estimate of drug-likeness (QED) is 0.198. The largest absolute Gasteiger partial charge is 0.309 e. The molecule has 0 spiro atoms. The van der Waals surface area contributed by atoms with Crippen LogP contribution in [0.5, 0.6) is 0 Å². The third kappa shape index (κ3) is 4.09. The van der Waals surface area contributed by atoms with Gasteiger partial charge in [0.2, 0.25) is 0 Å². The molecule has 0 N–H and O–H groups in total. The maximum Gasteiger partial charge on any atom is 0.0798 e. The van der Waals surface area contributed by atoms with E-state index in [1.165, 1.54) is 54.9 Å². The van der Waals surface area contributed by atoms with Gasteiger partial charge in [-0.05, 0) is 96.8 Å². The molecule has 4 heteroatoms. The molecule has 226 valence electrons. The Morgan fingerprint density at radius 2 is 1.25 bits per heavy atom. The minimum Gasteiger partial charge on any atom is -0.309 e. The van der Waals surface area contributed by atoms with Crippen LogP contribution in [0.25, 0.3) is 77.9 Å². The van der Waals surface area contributed by atoms with Crippen LogP contribution in [0.4, 0.5) is 0 Å². The first kappa shape index (κ1) is 26.9. The summed E-state index contributed by atoms with van der Waals surface area (Å²) >= 11 is 0. The molecule has 0 bridgehead atoms. The molecule has 5 aromatic carbocycles. The molecule has 0 fully saturated rings. The van der Waals surface area contributed by atoms with Gasteiger partial charge in [0.25, 0.3) is 0 Å². The molecule has 48 heavy (non-hydrogen) atoms. The van der Waals surface area contributed by atoms with Crippen LogP contribution in [0.15, 0.2) is 152 Å². The normalized spacial score (nSPS) is 13.0. The second-order valence-corrected chi connectivity index (χ2v) is 12.6. The van der Waals surface area contributed by atoms with Gasteiger partial charge in [-0.2, -0.15) is 0 Å². The highest BCUT2D eigenvalue weighted by atomic mass is 15.0. The SMILES string of the molecule is C1=C(c2cccc(-c3ccc4c(c3)c3ccccc3n4-c3ccccc3)n2)CCc2c1n(-c1ccccc1)c1ccc3cccnc3c21. The number of para-hydroxylation sites is 3. The van der Waals surface area contributed by atoms with E-state index < -0.39 is 0 Å². The van der Waals surface area contributed by atoms with Crippen LogP contribution in [0.1, 0.15) is 23.4 Å². The van der Waals surface area contributed by atoms with Crippen LogP contribution in [0, 0.1) is 0 Å². The number of nitrogens with zero attached hydrogens (tertiary/aromatic N) is 4. The lowest BCUT2D eigenvalue weighted by atomic mass is 9.92. The molecular weight excluding hydrogens is 585 g/mol. The summed E-state index contributed by atoms with van der Waals surface area (Å²) in [6.07, 6.45) is 6.13. The zero-order valence-corrected chi connectivity index (χ0v) is 26.2. The molecule has 9 aromatic rings. The van der Waals surface area contributed by atoms with Gasteiger partial charge < -0.3 is 9.13 Å². The van der Waals surface area contributed by atoms with Gasteiger partial charge in [0, 0.05) is 44.7 Å². The lowest BCUT2D eigenvalue weighted by Gasteiger charge is -2.17. The molecule has 4 nitrogen and oxygen atoms in total. The van der Waals surface area contributed by atoms with Crippen LogP contribution in [-0.4, -0.2) is 19.1 Å². The van der Waals surface area contributed by atoms with Crippen LogP contribution in [-0.2, 0) is 6.42 Å². The van der Waals surface area contributed by atoms with Gasteiger partial charge in [-0.25, -0.2) is 4.98 Å². The van der Waals surface area contributed by atoms with Crippen molar-refractivity contribution in [3.8, 4) is 22.6 Å². The summed E-state index contributed by atoms with van der Waals surface area (Å²) in [6.45, 7) is 0. The number of pyridine rings is 2. The summed E-state index contributed by atoms with van der Waals surface area (Å²) < 4.78 is 4.76. The number of rotatable bonds is 4. The lowest BCUT2D eigenvalue weighted by Crippen LogP contribution is -2.04. The Morgan fingerprint density at radius 1 is 0.521 bits per heavy atom. The molecule has 10 rings (SSSR count). The van der Waals surface area contributed by atoms with E-state index >= 15 is 0 Å². The standard InChI is InChI=1S/C44H30N4/c1-3-12-32(13-4-1)47-39-19-8-7-16-34(39)36-27-30(22-24-40(36)47)37-17-9-18-38(46-37)31-20-23-35-42(28-31)48(33-14-5-2-6-15-33)41-25-21-29-11-10-26-45-44(29)43(35)41/h1-19,21-22,24-28H,20,23H2. The van der Waals surface area contributed by atoms with Gasteiger partial charge in [-0.15, -0.1) is 0 Å². The van der Waals surface area contributed by atoms with E-state index in [-0.39, 0.29) is 0 Å². The van der Waals surface area contributed by atoms with Gasteiger partial charge >= 0.3 is 0 Å². The molecule has 4 aromatic heterocycles. The smallest absolute Gasteiger partial charge is 0.0798 e. The highest BCUT2D eigenvalue weighted by Gasteiger charge is 2.24. The van der Waals surface area contributed by atoms with Crippen molar-refractivity contribution in [2.75, 3.05) is 0 Å². The van der Waals surface area contributed by atoms with E-state index in [1.54, 1.807) is 0 Å². The number of aryl methyl sites for hydroxylation is 1. The fraction of sp³-hybridized carbons (Fsp3) is 0.0455. The second-order valence-electron chi connectivity index (χ2n) is 12.6. The maximum absolute atomic E-state index is 5.30. The lowest BCUT2D eigenvalue weighted by molar-refractivity contribution is 0.973. The Balaban J connectivity index is 1.12. The third-order valence-corrected chi connectivity index (χ3v) is 9.88. The summed E-state index contributed by atoms with van der Waals surface area (Å²) in [5, 5.41) is 4.90. The summed E-state index contributed by atoms with van der Waals surface area (Å²) in [5.74, 6) is 0. The van der Waals surface area contributed by atoms with Crippen molar-refractivity contribution in [2.24, 2.45) is 0 Å². The molecule has 0 aliphatic heterocycles. The molecule has 0 amide bonds. The predicted molar refractivity (Wildman–Crippen MR) is 199 cm³/mol. The van der Waals surface area contributed by atoms with E-state index in [1.807, 2.05) is 12.3 Å². The van der Waals surface area contributed by atoms with Gasteiger partial charge in [0.15, 0.2) is 0 Å². The molecule has 1 aliphatic carbocycles. The average Bonchev–Trinajstić information content (AvgIpc) is 3.68. The van der Waals surface area contributed by atoms with Crippen molar-refractivity contribution in [3.05, 3.63) is 169 Å². The Morgan fingerprint density at radius 3 is 2.10 bits per heavy atom. The number of benzene rings is 5. The molecule has 1 aliphatic rings. The number of hydrogen-bond acceptors (Lipinski definition) is 2. The van der Waals surface area contributed by atoms with E-state index in [2.05, 4.69) is 155 Å². The second kappa shape index (κ2) is 10.6. The monoisotopic (exact) mass is 614 g/mol. The van der Waals surface area contributed by atoms with Crippen LogP contribution in [0.3, 0.4) is 0 Å². The predicted octanol–water partition coefficient (Wildman–Crippen LogP) is 10.8. The van der Waals surface area contributed by atoms with Crippen molar-refractivity contribution >= 4 is 55.3 Å². The van der Waals surface area contributed by atoms with Crippen LogP contribution >= 0.6 is 0 Å². The molecule has 0 radical (unpaired) electrons. The van der Waals surface area contributed by atoms with Crippen molar-refractivity contribution in [3.63, 3.8) is 0 Å². The number of fused-ring (bicyclic) bond motifs is 8. The first-order chi connectivity index (χ1) is 23.8. The first-order valence-electron chi connectivity index (χ1n) is 16.6. The first-order valence-corrected chi connectivity index (χ1v) is 16.6. The summed E-state index contributed by atoms with van der Waals surface area (Å²) in [5.41, 5.74) is 13.9. The minimum absolute atomic E-state index is 0.921. The van der Waals surface area contributed by atoms with Crippen molar-refractivity contribution in [2.45, 2.75) is 12.8 Å². The van der Waals surface area contributed by atoms with E-state index in [0.717, 1.165) is 46.7 Å². The molecule has 4 heterocycles. The third-order valence-electron chi connectivity index (χ3n) is 9.88. The van der Waals surface area contributed by atoms with E-state index in [9.17, 15) is 0 Å². The van der Waals surface area contributed by atoms with E-state index in [4.69, 9.17) is 9.97 Å². The minimum atomic E-state index is 0.921. The van der Waals surface area contributed by atoms with Gasteiger partial charge in [0.1, 0.15) is 0 Å². The zero-order valence-electron chi connectivity index (χ0n) is 26.2. The summed E-state index contributed by atoms with van der Waals surface area (Å²) in [4.78, 5) is 10.2. The molecule has 0 saturated heterocycles. The highest BCUT2D eigenvalue weighted by molar-refractivity contribution is 6.11. The summed E-state index contributed by atoms with van der Waals surface area (Å²) in [7, 11) is 0. The van der Waals surface area contributed by atoms with Gasteiger partial charge in [-0.1, -0.05) is 78.9 Å². The van der Waals surface area contributed by atoms with Crippen molar-refractivity contribution in [1.29, 1.82) is 0 Å². The Bertz CT molecular complexity index is 2710. The Kier molecular flexibility index (Phi) is 5.97. The topological polar surface area (TPSA) is 35.6 Å². The molecular formula is C44H30N4. The highest BCUT2D eigenvalue weighted by Crippen LogP contribution is 2.41. The summed E-state index contributed by atoms with van der Waals surface area (Å²) in [6, 6.07) is 51.8. The fourth-order valence-corrected chi connectivity index (χ4v) is 7.73. The van der Waals surface area contributed by atoms with E-state index in [0.29, 0.717) is 0 Å². The average molecular weight is 615 g/mol.